The summed E-state index contributed by atoms with van der Waals surface area (Å²) < 4.78 is 21.6. The fourth-order valence-corrected chi connectivity index (χ4v) is 3.29. The van der Waals surface area contributed by atoms with Gasteiger partial charge in [-0.2, -0.15) is 9.78 Å². The minimum atomic E-state index is -0.745. The van der Waals surface area contributed by atoms with E-state index in [1.54, 1.807) is 12.1 Å². The summed E-state index contributed by atoms with van der Waals surface area (Å²) in [6, 6.07) is 8.60. The third kappa shape index (κ3) is 4.83. The van der Waals surface area contributed by atoms with Gasteiger partial charge in [0.05, 0.1) is 32.5 Å². The van der Waals surface area contributed by atoms with E-state index in [1.807, 2.05) is 0 Å². The normalized spacial score (nSPS) is 10.9. The number of benzene rings is 2. The van der Waals surface area contributed by atoms with Gasteiger partial charge in [-0.05, 0) is 28.5 Å². The van der Waals surface area contributed by atoms with Crippen molar-refractivity contribution in [1.29, 1.82) is 0 Å². The Morgan fingerprint density at radius 3 is 2.38 bits per heavy atom. The molecule has 2 aromatic heterocycles. The molecule has 190 valence electrons. The van der Waals surface area contributed by atoms with Gasteiger partial charge < -0.3 is 19.9 Å². The van der Waals surface area contributed by atoms with Gasteiger partial charge >= 0.3 is 0 Å². The average Bonchev–Trinajstić information content (AvgIpc) is 3.54. The number of non-ortho nitro benzene ring substituents is 1. The first-order valence-electron chi connectivity index (χ1n) is 10.3. The number of methoxy groups -OCH3 is 3. The van der Waals surface area contributed by atoms with E-state index in [-0.39, 0.29) is 28.7 Å². The number of nitrogens with one attached hydrogen (secondary N) is 1. The number of anilines is 1. The fourth-order valence-electron chi connectivity index (χ4n) is 3.29. The van der Waals surface area contributed by atoms with E-state index >= 15 is 0 Å². The molecule has 0 aliphatic carbocycles. The summed E-state index contributed by atoms with van der Waals surface area (Å²) in [7, 11) is 4.44. The van der Waals surface area contributed by atoms with Gasteiger partial charge in [-0.1, -0.05) is 5.21 Å². The Balaban J connectivity index is 1.68. The molecule has 4 aromatic rings. The number of carbonyl (C=O) groups excluding carboxylic acids is 1. The minimum absolute atomic E-state index is 0.0292. The summed E-state index contributed by atoms with van der Waals surface area (Å²) in [5.74, 6) is 0.411. The second-order valence-corrected chi connectivity index (χ2v) is 7.12. The van der Waals surface area contributed by atoms with Crippen LogP contribution in [0.15, 0.2) is 46.1 Å². The lowest BCUT2D eigenvalue weighted by Crippen LogP contribution is -2.19. The molecule has 0 fully saturated rings. The Morgan fingerprint density at radius 2 is 1.78 bits per heavy atom. The number of nitrogens with two attached hydrogens (primary N) is 1. The molecule has 16 nitrogen and oxygen atoms in total. The number of amides is 1. The first-order valence-corrected chi connectivity index (χ1v) is 10.3. The van der Waals surface area contributed by atoms with Crippen LogP contribution >= 0.6 is 0 Å². The second-order valence-electron chi connectivity index (χ2n) is 7.12. The highest BCUT2D eigenvalue weighted by atomic mass is 16.6. The topological polar surface area (TPSA) is 208 Å². The van der Waals surface area contributed by atoms with E-state index in [1.165, 1.54) is 51.8 Å². The molecule has 1 amide bonds. The number of ether oxygens (including phenoxy) is 3. The standard InChI is InChI=1S/C21H19N9O7/c1-34-14-9-16(36-3)15(35-2)8-12(14)10-23-25-21(31)17-18(11-4-6-13(7-5-11)30(32)33)29(28-24-17)20-19(22)26-37-27-20/h4-10H,1-3H3,(H2,22,26)(H,25,31). The minimum Gasteiger partial charge on any atom is -0.496 e. The maximum Gasteiger partial charge on any atom is 0.294 e. The Morgan fingerprint density at radius 1 is 1.11 bits per heavy atom. The molecule has 3 N–H and O–H groups in total. The van der Waals surface area contributed by atoms with Crippen molar-refractivity contribution in [3.05, 3.63) is 57.8 Å². The number of hydrogen-bond donors (Lipinski definition) is 2. The Kier molecular flexibility index (Phi) is 6.90. The van der Waals surface area contributed by atoms with Crippen molar-refractivity contribution < 1.29 is 28.6 Å². The zero-order valence-corrected chi connectivity index (χ0v) is 19.6. The maximum atomic E-state index is 13.0. The molecule has 0 radical (unpaired) electrons. The second kappa shape index (κ2) is 10.4. The van der Waals surface area contributed by atoms with Gasteiger partial charge in [0.1, 0.15) is 11.4 Å². The van der Waals surface area contributed by atoms with Crippen molar-refractivity contribution in [2.75, 3.05) is 27.1 Å². The fraction of sp³-hybridized carbons (Fsp3) is 0.143. The predicted molar refractivity (Wildman–Crippen MR) is 127 cm³/mol. The summed E-state index contributed by atoms with van der Waals surface area (Å²) >= 11 is 0. The molecule has 0 unspecified atom stereocenters. The quantitative estimate of drug-likeness (QED) is 0.187. The summed E-state index contributed by atoms with van der Waals surface area (Å²) in [6.07, 6.45) is 1.34. The first kappa shape index (κ1) is 24.6. The highest BCUT2D eigenvalue weighted by Gasteiger charge is 2.25. The average molecular weight is 509 g/mol. The molecule has 0 saturated heterocycles. The van der Waals surface area contributed by atoms with Crippen LogP contribution in [0.2, 0.25) is 0 Å². The van der Waals surface area contributed by atoms with E-state index in [9.17, 15) is 14.9 Å². The molecule has 2 aromatic carbocycles. The lowest BCUT2D eigenvalue weighted by Gasteiger charge is -2.11. The van der Waals surface area contributed by atoms with Crippen LogP contribution in [0.4, 0.5) is 11.5 Å². The van der Waals surface area contributed by atoms with Crippen LogP contribution in [0.3, 0.4) is 0 Å². The number of aromatic nitrogens is 5. The molecule has 16 heteroatoms. The molecule has 0 bridgehead atoms. The number of nitrogen functional groups attached to an aromatic ring is 1. The molecule has 2 heterocycles. The van der Waals surface area contributed by atoms with Crippen LogP contribution in [0, 0.1) is 10.1 Å². The van der Waals surface area contributed by atoms with Crippen molar-refractivity contribution in [3.63, 3.8) is 0 Å². The monoisotopic (exact) mass is 509 g/mol. The van der Waals surface area contributed by atoms with Crippen LogP contribution in [0.1, 0.15) is 16.1 Å². The van der Waals surface area contributed by atoms with Crippen LogP contribution < -0.4 is 25.4 Å². The smallest absolute Gasteiger partial charge is 0.294 e. The number of hydrogen-bond acceptors (Lipinski definition) is 13. The molecule has 0 spiro atoms. The Hall–Kier alpha value is -5.54. The van der Waals surface area contributed by atoms with Crippen molar-refractivity contribution in [3.8, 4) is 34.3 Å². The highest BCUT2D eigenvalue weighted by Crippen LogP contribution is 2.34. The SMILES string of the molecule is COc1cc(OC)c(OC)cc1C=NNC(=O)c1nnn(-c2nonc2N)c1-c1ccc([N+](=O)[O-])cc1. The van der Waals surface area contributed by atoms with Gasteiger partial charge in [0.15, 0.2) is 17.2 Å². The van der Waals surface area contributed by atoms with Gasteiger partial charge in [0, 0.05) is 29.3 Å². The van der Waals surface area contributed by atoms with Crippen molar-refractivity contribution >= 4 is 23.6 Å². The third-order valence-corrected chi connectivity index (χ3v) is 5.04. The zero-order chi connectivity index (χ0) is 26.5. The first-order chi connectivity index (χ1) is 17.9. The Bertz CT molecular complexity index is 1480. The maximum absolute atomic E-state index is 13.0. The molecule has 0 atom stereocenters. The number of nitro groups is 1. The van der Waals surface area contributed by atoms with Crippen LogP contribution in [0.25, 0.3) is 17.1 Å². The number of rotatable bonds is 9. The summed E-state index contributed by atoms with van der Waals surface area (Å²) in [5.41, 5.74) is 8.79. The zero-order valence-electron chi connectivity index (χ0n) is 19.6. The van der Waals surface area contributed by atoms with Crippen molar-refractivity contribution in [2.24, 2.45) is 5.10 Å². The lowest BCUT2D eigenvalue weighted by molar-refractivity contribution is -0.384. The Labute approximate surface area is 207 Å². The van der Waals surface area contributed by atoms with Gasteiger partial charge in [0.25, 0.3) is 11.6 Å². The van der Waals surface area contributed by atoms with E-state index in [4.69, 9.17) is 19.9 Å². The third-order valence-electron chi connectivity index (χ3n) is 5.04. The summed E-state index contributed by atoms with van der Waals surface area (Å²) in [4.78, 5) is 23.5. The van der Waals surface area contributed by atoms with E-state index < -0.39 is 10.8 Å². The van der Waals surface area contributed by atoms with E-state index in [0.29, 0.717) is 28.4 Å². The van der Waals surface area contributed by atoms with Crippen molar-refractivity contribution in [2.45, 2.75) is 0 Å². The molecule has 0 saturated carbocycles. The largest absolute Gasteiger partial charge is 0.496 e. The highest BCUT2D eigenvalue weighted by molar-refractivity contribution is 5.99. The number of nitrogens with zero attached hydrogens (tertiary/aromatic N) is 7. The number of hydrazone groups is 1. The lowest BCUT2D eigenvalue weighted by atomic mass is 10.1. The summed E-state index contributed by atoms with van der Waals surface area (Å²) in [6.45, 7) is 0. The van der Waals surface area contributed by atoms with Crippen molar-refractivity contribution in [1.82, 2.24) is 30.7 Å². The van der Waals surface area contributed by atoms with Gasteiger partial charge in [-0.15, -0.1) is 5.10 Å². The molecule has 0 aliphatic heterocycles. The molecule has 4 rings (SSSR count). The molecular weight excluding hydrogens is 490 g/mol. The van der Waals surface area contributed by atoms with Crippen LogP contribution in [0.5, 0.6) is 17.2 Å². The van der Waals surface area contributed by atoms with E-state index in [0.717, 1.165) is 4.68 Å². The van der Waals surface area contributed by atoms with Crippen LogP contribution in [-0.4, -0.2) is 63.7 Å². The van der Waals surface area contributed by atoms with Gasteiger partial charge in [0.2, 0.25) is 11.6 Å². The van der Waals surface area contributed by atoms with Crippen LogP contribution in [-0.2, 0) is 0 Å². The van der Waals surface area contributed by atoms with Gasteiger partial charge in [-0.3, -0.25) is 14.9 Å². The molecular formula is C21H19N9O7. The van der Waals surface area contributed by atoms with Gasteiger partial charge in [-0.25, -0.2) is 10.1 Å². The van der Waals surface area contributed by atoms with E-state index in [2.05, 4.69) is 35.8 Å². The molecule has 0 aliphatic rings. The number of carbonyl (C=O) groups is 1. The number of nitro benzene ring substituents is 1. The summed E-state index contributed by atoms with van der Waals surface area (Å²) in [5, 5.41) is 30.1. The predicted octanol–water partition coefficient (Wildman–Crippen LogP) is 1.60. The molecule has 37 heavy (non-hydrogen) atoms.